The summed E-state index contributed by atoms with van der Waals surface area (Å²) in [6.45, 7) is 0.646. The molecule has 0 atom stereocenters. The van der Waals surface area contributed by atoms with Crippen LogP contribution in [0.4, 0.5) is 10.2 Å². The lowest BCUT2D eigenvalue weighted by Gasteiger charge is -2.18. The highest BCUT2D eigenvalue weighted by molar-refractivity contribution is 5.39. The van der Waals surface area contributed by atoms with Gasteiger partial charge in [0.25, 0.3) is 0 Å². The fraction of sp³-hybridized carbons (Fsp3) is 0.214. The van der Waals surface area contributed by atoms with E-state index in [0.29, 0.717) is 12.4 Å². The number of ether oxygens (including phenoxy) is 1. The summed E-state index contributed by atoms with van der Waals surface area (Å²) < 4.78 is 18.2. The third-order valence-electron chi connectivity index (χ3n) is 2.65. The molecule has 0 fully saturated rings. The molecule has 0 aliphatic rings. The minimum Gasteiger partial charge on any atom is -0.497 e. The normalized spacial score (nSPS) is 10.2. The van der Waals surface area contributed by atoms with E-state index in [1.807, 2.05) is 36.2 Å². The van der Waals surface area contributed by atoms with Crippen molar-refractivity contribution in [3.8, 4) is 5.75 Å². The Morgan fingerprint density at radius 2 is 2.00 bits per heavy atom. The van der Waals surface area contributed by atoms with Crippen LogP contribution in [0.15, 0.2) is 42.5 Å². The average Bonchev–Trinajstić information content (AvgIpc) is 2.39. The van der Waals surface area contributed by atoms with Crippen molar-refractivity contribution >= 4 is 5.82 Å². The number of hydrogen-bond donors (Lipinski definition) is 0. The Kier molecular flexibility index (Phi) is 3.77. The topological polar surface area (TPSA) is 25.4 Å². The molecule has 2 aromatic rings. The van der Waals surface area contributed by atoms with Crippen LogP contribution in [0.1, 0.15) is 5.56 Å². The molecular weight excluding hydrogens is 231 g/mol. The third kappa shape index (κ3) is 2.97. The number of nitrogens with zero attached hydrogens (tertiary/aromatic N) is 2. The van der Waals surface area contributed by atoms with Crippen LogP contribution in [-0.2, 0) is 6.54 Å². The Balaban J connectivity index is 2.13. The summed E-state index contributed by atoms with van der Waals surface area (Å²) in [5.41, 5.74) is 1.09. The maximum absolute atomic E-state index is 13.0. The van der Waals surface area contributed by atoms with Crippen molar-refractivity contribution in [3.05, 3.63) is 54.0 Å². The summed E-state index contributed by atoms with van der Waals surface area (Å²) in [6, 6.07) is 12.5. The minimum absolute atomic E-state index is 0.468. The van der Waals surface area contributed by atoms with Crippen molar-refractivity contribution in [2.45, 2.75) is 6.54 Å². The van der Waals surface area contributed by atoms with Gasteiger partial charge < -0.3 is 9.64 Å². The van der Waals surface area contributed by atoms with Crippen molar-refractivity contribution < 1.29 is 9.13 Å². The zero-order valence-corrected chi connectivity index (χ0v) is 10.4. The first-order chi connectivity index (χ1) is 8.69. The van der Waals surface area contributed by atoms with Gasteiger partial charge in [-0.25, -0.2) is 4.98 Å². The SMILES string of the molecule is COc1cccc(CN(C)c2cccc(F)n2)c1. The molecular formula is C14H15FN2O. The van der Waals surface area contributed by atoms with Crippen molar-refractivity contribution in [1.82, 2.24) is 4.98 Å². The molecule has 0 aliphatic carbocycles. The predicted octanol–water partition coefficient (Wildman–Crippen LogP) is 2.87. The van der Waals surface area contributed by atoms with Gasteiger partial charge in [0.15, 0.2) is 0 Å². The number of halogens is 1. The van der Waals surface area contributed by atoms with E-state index in [2.05, 4.69) is 4.98 Å². The van der Waals surface area contributed by atoms with Gasteiger partial charge in [-0.1, -0.05) is 18.2 Å². The molecule has 1 aromatic carbocycles. The van der Waals surface area contributed by atoms with Gasteiger partial charge in [0.2, 0.25) is 5.95 Å². The van der Waals surface area contributed by atoms with E-state index in [1.54, 1.807) is 19.2 Å². The molecule has 0 saturated heterocycles. The number of benzene rings is 1. The summed E-state index contributed by atoms with van der Waals surface area (Å²) in [7, 11) is 3.51. The first kappa shape index (κ1) is 12.4. The van der Waals surface area contributed by atoms with Crippen molar-refractivity contribution in [2.75, 3.05) is 19.1 Å². The number of aromatic nitrogens is 1. The van der Waals surface area contributed by atoms with Gasteiger partial charge in [-0.15, -0.1) is 0 Å². The number of methoxy groups -OCH3 is 1. The largest absolute Gasteiger partial charge is 0.497 e. The van der Waals surface area contributed by atoms with Gasteiger partial charge in [-0.2, -0.15) is 4.39 Å². The molecule has 0 spiro atoms. The summed E-state index contributed by atoms with van der Waals surface area (Å²) in [5, 5.41) is 0. The second-order valence-electron chi connectivity index (χ2n) is 4.03. The quantitative estimate of drug-likeness (QED) is 0.776. The highest BCUT2D eigenvalue weighted by atomic mass is 19.1. The molecule has 1 aromatic heterocycles. The van der Waals surface area contributed by atoms with Gasteiger partial charge in [-0.05, 0) is 29.8 Å². The lowest BCUT2D eigenvalue weighted by molar-refractivity contribution is 0.414. The number of hydrogen-bond acceptors (Lipinski definition) is 3. The Labute approximate surface area is 106 Å². The average molecular weight is 246 g/mol. The third-order valence-corrected chi connectivity index (χ3v) is 2.65. The van der Waals surface area contributed by atoms with Gasteiger partial charge >= 0.3 is 0 Å². The van der Waals surface area contributed by atoms with Crippen LogP contribution >= 0.6 is 0 Å². The molecule has 2 rings (SSSR count). The molecule has 0 radical (unpaired) electrons. The van der Waals surface area contributed by atoms with Crippen LogP contribution in [0.3, 0.4) is 0 Å². The monoisotopic (exact) mass is 246 g/mol. The van der Waals surface area contributed by atoms with Crippen LogP contribution in [0, 0.1) is 5.95 Å². The molecule has 0 aliphatic heterocycles. The van der Waals surface area contributed by atoms with Crippen molar-refractivity contribution in [1.29, 1.82) is 0 Å². The van der Waals surface area contributed by atoms with Crippen LogP contribution < -0.4 is 9.64 Å². The molecule has 0 N–H and O–H groups in total. The molecule has 0 bridgehead atoms. The lowest BCUT2D eigenvalue weighted by atomic mass is 10.2. The summed E-state index contributed by atoms with van der Waals surface area (Å²) >= 11 is 0. The zero-order valence-electron chi connectivity index (χ0n) is 10.4. The maximum atomic E-state index is 13.0. The lowest BCUT2D eigenvalue weighted by Crippen LogP contribution is -2.17. The Morgan fingerprint density at radius 1 is 1.22 bits per heavy atom. The summed E-state index contributed by atoms with van der Waals surface area (Å²) in [4.78, 5) is 5.73. The predicted molar refractivity (Wildman–Crippen MR) is 69.3 cm³/mol. The van der Waals surface area contributed by atoms with Gasteiger partial charge in [0, 0.05) is 13.6 Å². The van der Waals surface area contributed by atoms with E-state index in [4.69, 9.17) is 4.74 Å². The molecule has 1 heterocycles. The van der Waals surface area contributed by atoms with Gasteiger partial charge in [0.05, 0.1) is 7.11 Å². The van der Waals surface area contributed by atoms with E-state index in [0.717, 1.165) is 11.3 Å². The second-order valence-corrected chi connectivity index (χ2v) is 4.03. The van der Waals surface area contributed by atoms with E-state index in [9.17, 15) is 4.39 Å². The number of rotatable bonds is 4. The van der Waals surface area contributed by atoms with E-state index in [-0.39, 0.29) is 0 Å². The van der Waals surface area contributed by atoms with Crippen LogP contribution in [0.2, 0.25) is 0 Å². The molecule has 0 amide bonds. The van der Waals surface area contributed by atoms with Crippen molar-refractivity contribution in [3.63, 3.8) is 0 Å². The minimum atomic E-state index is -0.468. The highest BCUT2D eigenvalue weighted by Crippen LogP contribution is 2.17. The molecule has 3 nitrogen and oxygen atoms in total. The van der Waals surface area contributed by atoms with Crippen molar-refractivity contribution in [2.24, 2.45) is 0 Å². The smallest absolute Gasteiger partial charge is 0.214 e. The van der Waals surface area contributed by atoms with E-state index >= 15 is 0 Å². The number of pyridine rings is 1. The highest BCUT2D eigenvalue weighted by Gasteiger charge is 2.05. The van der Waals surface area contributed by atoms with E-state index in [1.165, 1.54) is 6.07 Å². The molecule has 94 valence electrons. The Bertz CT molecular complexity index is 531. The molecule has 0 unspecified atom stereocenters. The molecule has 18 heavy (non-hydrogen) atoms. The molecule has 4 heteroatoms. The van der Waals surface area contributed by atoms with Gasteiger partial charge in [-0.3, -0.25) is 0 Å². The van der Waals surface area contributed by atoms with Gasteiger partial charge in [0.1, 0.15) is 11.6 Å². The fourth-order valence-corrected chi connectivity index (χ4v) is 1.74. The Hall–Kier alpha value is -2.10. The number of anilines is 1. The van der Waals surface area contributed by atoms with E-state index < -0.39 is 5.95 Å². The first-order valence-electron chi connectivity index (χ1n) is 5.65. The fourth-order valence-electron chi connectivity index (χ4n) is 1.74. The zero-order chi connectivity index (χ0) is 13.0. The summed E-state index contributed by atoms with van der Waals surface area (Å²) in [6.07, 6.45) is 0. The van der Waals surface area contributed by atoms with Crippen LogP contribution in [0.25, 0.3) is 0 Å². The van der Waals surface area contributed by atoms with Crippen LogP contribution in [0.5, 0.6) is 5.75 Å². The standard InChI is InChI=1S/C14H15FN2O/c1-17(14-8-4-7-13(15)16-14)10-11-5-3-6-12(9-11)18-2/h3-9H,10H2,1-2H3. The maximum Gasteiger partial charge on any atom is 0.214 e. The second kappa shape index (κ2) is 5.49. The Morgan fingerprint density at radius 3 is 2.72 bits per heavy atom. The molecule has 0 saturated carbocycles. The van der Waals surface area contributed by atoms with Crippen LogP contribution in [-0.4, -0.2) is 19.1 Å². The summed E-state index contributed by atoms with van der Waals surface area (Å²) in [5.74, 6) is 0.955. The first-order valence-corrected chi connectivity index (χ1v) is 5.65.